The second-order valence-electron chi connectivity index (χ2n) is 5.36. The first-order chi connectivity index (χ1) is 11.7. The highest BCUT2D eigenvalue weighted by Gasteiger charge is 2.12. The summed E-state index contributed by atoms with van der Waals surface area (Å²) in [5.74, 6) is 0.422. The summed E-state index contributed by atoms with van der Waals surface area (Å²) in [4.78, 5) is 14.0. The van der Waals surface area contributed by atoms with Crippen molar-refractivity contribution in [3.05, 3.63) is 24.2 Å². The van der Waals surface area contributed by atoms with Crippen molar-refractivity contribution in [2.75, 3.05) is 49.6 Å². The summed E-state index contributed by atoms with van der Waals surface area (Å²) in [6.07, 6.45) is 3.31. The summed E-state index contributed by atoms with van der Waals surface area (Å²) in [7, 11) is 1.71. The largest absolute Gasteiger partial charge is 0.378 e. The second kappa shape index (κ2) is 7.68. The first-order valence-corrected chi connectivity index (χ1v) is 7.76. The molecule has 10 heteroatoms. The molecule has 0 saturated carbocycles. The molecule has 1 saturated heterocycles. The Balaban J connectivity index is 1.45. The van der Waals surface area contributed by atoms with Crippen LogP contribution in [0.25, 0.3) is 0 Å². The van der Waals surface area contributed by atoms with Crippen LogP contribution in [0.4, 0.5) is 11.5 Å². The number of nitrogens with one attached hydrogen (secondary N) is 2. The molecule has 2 N–H and O–H groups in total. The first kappa shape index (κ1) is 16.1. The van der Waals surface area contributed by atoms with Crippen LogP contribution in [0.15, 0.2) is 18.5 Å². The van der Waals surface area contributed by atoms with Gasteiger partial charge in [0.1, 0.15) is 0 Å². The molecule has 24 heavy (non-hydrogen) atoms. The Morgan fingerprint density at radius 1 is 1.29 bits per heavy atom. The molecule has 0 atom stereocenters. The lowest BCUT2D eigenvalue weighted by atomic mass is 10.3. The Hall–Kier alpha value is -2.75. The van der Waals surface area contributed by atoms with E-state index in [1.54, 1.807) is 19.4 Å². The van der Waals surface area contributed by atoms with Crippen molar-refractivity contribution < 1.29 is 9.53 Å². The molecule has 1 fully saturated rings. The maximum atomic E-state index is 11.8. The van der Waals surface area contributed by atoms with Crippen LogP contribution < -0.4 is 15.5 Å². The molecule has 0 spiro atoms. The van der Waals surface area contributed by atoms with Gasteiger partial charge >= 0.3 is 0 Å². The third-order valence-corrected chi connectivity index (χ3v) is 3.57. The predicted molar refractivity (Wildman–Crippen MR) is 86.9 cm³/mol. The van der Waals surface area contributed by atoms with Gasteiger partial charge in [0.2, 0.25) is 0 Å². The molecule has 0 radical (unpaired) electrons. The van der Waals surface area contributed by atoms with Gasteiger partial charge in [-0.25, -0.2) is 0 Å². The van der Waals surface area contributed by atoms with Crippen LogP contribution in [0.5, 0.6) is 0 Å². The third-order valence-electron chi connectivity index (χ3n) is 3.57. The van der Waals surface area contributed by atoms with Gasteiger partial charge in [0.25, 0.3) is 5.91 Å². The van der Waals surface area contributed by atoms with Crippen molar-refractivity contribution in [1.29, 1.82) is 0 Å². The number of aromatic nitrogens is 5. The fraction of sp³-hybridized carbons (Fsp3) is 0.500. The molecule has 1 aliphatic heterocycles. The van der Waals surface area contributed by atoms with Gasteiger partial charge in [-0.2, -0.15) is 5.10 Å². The second-order valence-corrected chi connectivity index (χ2v) is 5.36. The van der Waals surface area contributed by atoms with E-state index in [0.29, 0.717) is 24.6 Å². The lowest BCUT2D eigenvalue weighted by molar-refractivity contribution is 0.0950. The van der Waals surface area contributed by atoms with E-state index in [1.807, 2.05) is 6.07 Å². The molecule has 0 aromatic carbocycles. The number of rotatable bonds is 6. The van der Waals surface area contributed by atoms with Crippen LogP contribution in [0.3, 0.4) is 0 Å². The van der Waals surface area contributed by atoms with Crippen LogP contribution in [0.2, 0.25) is 0 Å². The fourth-order valence-corrected chi connectivity index (χ4v) is 2.35. The zero-order chi connectivity index (χ0) is 16.8. The molecular weight excluding hydrogens is 312 g/mol. The number of hydrogen-bond donors (Lipinski definition) is 2. The summed E-state index contributed by atoms with van der Waals surface area (Å²) >= 11 is 0. The molecule has 128 valence electrons. The topological polar surface area (TPSA) is 110 Å². The number of anilines is 2. The standard InChI is InChI=1S/C14H20N8O2/c1-21-10-12(18-20-21)14(23)16-3-2-15-13-8-11(9-17-19-13)22-4-6-24-7-5-22/h8-10H,2-7H2,1H3,(H,15,19)(H,16,23). The molecule has 0 unspecified atom stereocenters. The van der Waals surface area contributed by atoms with Gasteiger partial charge in [0.05, 0.1) is 31.3 Å². The van der Waals surface area contributed by atoms with Crippen molar-refractivity contribution >= 4 is 17.4 Å². The molecule has 1 amide bonds. The van der Waals surface area contributed by atoms with Gasteiger partial charge in [-0.15, -0.1) is 10.2 Å². The average Bonchev–Trinajstić information content (AvgIpc) is 3.06. The van der Waals surface area contributed by atoms with Crippen LogP contribution in [-0.4, -0.2) is 70.5 Å². The van der Waals surface area contributed by atoms with E-state index in [2.05, 4.69) is 36.0 Å². The van der Waals surface area contributed by atoms with Crippen molar-refractivity contribution in [3.8, 4) is 0 Å². The Bertz CT molecular complexity index is 683. The van der Waals surface area contributed by atoms with Gasteiger partial charge in [-0.05, 0) is 0 Å². The van der Waals surface area contributed by atoms with Gasteiger partial charge in [-0.1, -0.05) is 5.21 Å². The highest BCUT2D eigenvalue weighted by molar-refractivity contribution is 5.91. The lowest BCUT2D eigenvalue weighted by Gasteiger charge is -2.28. The highest BCUT2D eigenvalue weighted by atomic mass is 16.5. The molecule has 2 aromatic rings. The zero-order valence-electron chi connectivity index (χ0n) is 13.5. The quantitative estimate of drug-likeness (QED) is 0.667. The highest BCUT2D eigenvalue weighted by Crippen LogP contribution is 2.16. The number of ether oxygens (including phenoxy) is 1. The number of morpholine rings is 1. The molecule has 3 rings (SSSR count). The monoisotopic (exact) mass is 332 g/mol. The average molecular weight is 332 g/mol. The Morgan fingerprint density at radius 2 is 2.12 bits per heavy atom. The van der Waals surface area contributed by atoms with Crippen molar-refractivity contribution in [1.82, 2.24) is 30.5 Å². The molecule has 2 aromatic heterocycles. The van der Waals surface area contributed by atoms with E-state index < -0.39 is 0 Å². The zero-order valence-corrected chi connectivity index (χ0v) is 13.5. The Labute approximate surface area is 139 Å². The van der Waals surface area contributed by atoms with Crippen molar-refractivity contribution in [2.45, 2.75) is 0 Å². The number of carbonyl (C=O) groups is 1. The Kier molecular flexibility index (Phi) is 5.16. The number of nitrogens with zero attached hydrogens (tertiary/aromatic N) is 6. The Morgan fingerprint density at radius 3 is 2.88 bits per heavy atom. The lowest BCUT2D eigenvalue weighted by Crippen LogP contribution is -2.36. The fourth-order valence-electron chi connectivity index (χ4n) is 2.35. The number of hydrogen-bond acceptors (Lipinski definition) is 8. The molecule has 10 nitrogen and oxygen atoms in total. The van der Waals surface area contributed by atoms with Crippen LogP contribution in [-0.2, 0) is 11.8 Å². The smallest absolute Gasteiger partial charge is 0.273 e. The minimum absolute atomic E-state index is 0.252. The number of amides is 1. The maximum absolute atomic E-state index is 11.8. The number of carbonyl (C=O) groups excluding carboxylic acids is 1. The SMILES string of the molecule is Cn1cc(C(=O)NCCNc2cc(N3CCOCC3)cnn2)nn1. The summed E-state index contributed by atoms with van der Waals surface area (Å²) in [5, 5.41) is 21.5. The minimum Gasteiger partial charge on any atom is -0.378 e. The van der Waals surface area contributed by atoms with Crippen molar-refractivity contribution in [2.24, 2.45) is 7.05 Å². The number of aryl methyl sites for hydroxylation is 1. The van der Waals surface area contributed by atoms with Gasteiger partial charge in [0, 0.05) is 39.3 Å². The van der Waals surface area contributed by atoms with Gasteiger partial charge in [-0.3, -0.25) is 9.48 Å². The van der Waals surface area contributed by atoms with E-state index in [4.69, 9.17) is 4.74 Å². The van der Waals surface area contributed by atoms with E-state index in [-0.39, 0.29) is 5.91 Å². The van der Waals surface area contributed by atoms with Crippen molar-refractivity contribution in [3.63, 3.8) is 0 Å². The van der Waals surface area contributed by atoms with E-state index >= 15 is 0 Å². The van der Waals surface area contributed by atoms with Crippen LogP contribution >= 0.6 is 0 Å². The molecule has 0 aliphatic carbocycles. The molecule has 0 bridgehead atoms. The molecule has 1 aliphatic rings. The maximum Gasteiger partial charge on any atom is 0.273 e. The summed E-state index contributed by atoms with van der Waals surface area (Å²) in [5.41, 5.74) is 1.31. The van der Waals surface area contributed by atoms with Gasteiger partial charge in [0.15, 0.2) is 11.5 Å². The van der Waals surface area contributed by atoms with E-state index in [0.717, 1.165) is 32.0 Å². The minimum atomic E-state index is -0.252. The van der Waals surface area contributed by atoms with E-state index in [9.17, 15) is 4.79 Å². The summed E-state index contributed by atoms with van der Waals surface area (Å²) in [6, 6.07) is 1.95. The molecule has 3 heterocycles. The van der Waals surface area contributed by atoms with Crippen LogP contribution in [0, 0.1) is 0 Å². The summed E-state index contributed by atoms with van der Waals surface area (Å²) in [6.45, 7) is 4.11. The third kappa shape index (κ3) is 4.16. The molecular formula is C14H20N8O2. The van der Waals surface area contributed by atoms with E-state index in [1.165, 1.54) is 4.68 Å². The van der Waals surface area contributed by atoms with Gasteiger partial charge < -0.3 is 20.3 Å². The predicted octanol–water partition coefficient (Wildman–Crippen LogP) is -0.716. The van der Waals surface area contributed by atoms with Crippen LogP contribution in [0.1, 0.15) is 10.5 Å². The first-order valence-electron chi connectivity index (χ1n) is 7.76. The summed E-state index contributed by atoms with van der Waals surface area (Å²) < 4.78 is 6.83. The normalized spacial score (nSPS) is 14.5.